The number of amides is 1. The summed E-state index contributed by atoms with van der Waals surface area (Å²) in [5.41, 5.74) is 2.86. The van der Waals surface area contributed by atoms with Crippen molar-refractivity contribution < 1.29 is 4.79 Å². The second-order valence-corrected chi connectivity index (χ2v) is 6.99. The summed E-state index contributed by atoms with van der Waals surface area (Å²) in [7, 11) is 0. The first-order chi connectivity index (χ1) is 13.6. The third kappa shape index (κ3) is 3.53. The van der Waals surface area contributed by atoms with Crippen LogP contribution in [0.4, 0.5) is 0 Å². The standard InChI is InChI=1S/C22H22N4O2/c1-16(11-12-17-7-3-2-4-8-17)24-20(27)15-26-21-18(9-5-13-23-21)25-14-6-10-19(25)22(26)28/h2-10,13-14,16H,11-12,15H2,1H3,(H,24,27)/t16-/m1/s1. The molecule has 0 fully saturated rings. The Bertz CT molecular complexity index is 1180. The molecule has 6 nitrogen and oxygen atoms in total. The highest BCUT2D eigenvalue weighted by Gasteiger charge is 2.15. The van der Waals surface area contributed by atoms with E-state index < -0.39 is 0 Å². The average Bonchev–Trinajstić information content (AvgIpc) is 3.21. The molecule has 0 bridgehead atoms. The van der Waals surface area contributed by atoms with E-state index in [2.05, 4.69) is 22.4 Å². The van der Waals surface area contributed by atoms with Gasteiger partial charge in [0.25, 0.3) is 5.56 Å². The molecule has 0 radical (unpaired) electrons. The molecule has 0 saturated heterocycles. The summed E-state index contributed by atoms with van der Waals surface area (Å²) in [6.07, 6.45) is 5.19. The van der Waals surface area contributed by atoms with E-state index in [1.807, 2.05) is 53.9 Å². The first-order valence-electron chi connectivity index (χ1n) is 9.41. The van der Waals surface area contributed by atoms with Gasteiger partial charge in [-0.25, -0.2) is 4.98 Å². The van der Waals surface area contributed by atoms with Crippen LogP contribution in [0.25, 0.3) is 16.7 Å². The van der Waals surface area contributed by atoms with Gasteiger partial charge in [-0.05, 0) is 49.6 Å². The number of aryl methyl sites for hydroxylation is 1. The third-order valence-corrected chi connectivity index (χ3v) is 4.91. The Kier molecular flexibility index (Phi) is 4.93. The van der Waals surface area contributed by atoms with Crippen LogP contribution in [0.1, 0.15) is 18.9 Å². The molecule has 6 heteroatoms. The summed E-state index contributed by atoms with van der Waals surface area (Å²) < 4.78 is 3.26. The molecular formula is C22H22N4O2. The Labute approximate surface area is 162 Å². The minimum atomic E-state index is -0.219. The zero-order valence-electron chi connectivity index (χ0n) is 15.7. The molecule has 28 heavy (non-hydrogen) atoms. The summed E-state index contributed by atoms with van der Waals surface area (Å²) in [6.45, 7) is 1.93. The first-order valence-corrected chi connectivity index (χ1v) is 9.41. The fourth-order valence-corrected chi connectivity index (χ4v) is 3.49. The van der Waals surface area contributed by atoms with Crippen molar-refractivity contribution in [2.75, 3.05) is 0 Å². The molecule has 1 N–H and O–H groups in total. The van der Waals surface area contributed by atoms with Crippen LogP contribution < -0.4 is 10.9 Å². The van der Waals surface area contributed by atoms with Gasteiger partial charge in [0.2, 0.25) is 5.91 Å². The summed E-state index contributed by atoms with van der Waals surface area (Å²) in [4.78, 5) is 29.8. The molecule has 3 aromatic heterocycles. The number of hydrogen-bond donors (Lipinski definition) is 1. The summed E-state index contributed by atoms with van der Waals surface area (Å²) in [5, 5.41) is 3.00. The molecule has 0 aliphatic rings. The second-order valence-electron chi connectivity index (χ2n) is 6.99. The molecule has 1 atom stereocenters. The molecule has 4 rings (SSSR count). The maximum absolute atomic E-state index is 12.9. The van der Waals surface area contributed by atoms with Gasteiger partial charge in [0.05, 0.1) is 5.52 Å². The number of rotatable bonds is 6. The molecule has 4 aromatic rings. The highest BCUT2D eigenvalue weighted by Crippen LogP contribution is 2.12. The second kappa shape index (κ2) is 7.68. The van der Waals surface area contributed by atoms with E-state index >= 15 is 0 Å². The van der Waals surface area contributed by atoms with Gasteiger partial charge < -0.3 is 9.72 Å². The minimum absolute atomic E-state index is 0.0136. The van der Waals surface area contributed by atoms with Gasteiger partial charge in [0, 0.05) is 18.4 Å². The molecule has 0 saturated carbocycles. The highest BCUT2D eigenvalue weighted by atomic mass is 16.2. The normalized spacial score (nSPS) is 12.3. The Balaban J connectivity index is 1.52. The number of aromatic nitrogens is 3. The van der Waals surface area contributed by atoms with Crippen LogP contribution in [0.15, 0.2) is 71.8 Å². The maximum atomic E-state index is 12.9. The Morgan fingerprint density at radius 2 is 1.86 bits per heavy atom. The van der Waals surface area contributed by atoms with Gasteiger partial charge in [0.15, 0.2) is 5.65 Å². The van der Waals surface area contributed by atoms with Crippen molar-refractivity contribution in [1.29, 1.82) is 0 Å². The lowest BCUT2D eigenvalue weighted by molar-refractivity contribution is -0.122. The largest absolute Gasteiger partial charge is 0.352 e. The van der Waals surface area contributed by atoms with Gasteiger partial charge in [-0.1, -0.05) is 30.3 Å². The third-order valence-electron chi connectivity index (χ3n) is 4.91. The van der Waals surface area contributed by atoms with Crippen LogP contribution in [0.2, 0.25) is 0 Å². The van der Waals surface area contributed by atoms with Crippen molar-refractivity contribution in [3.63, 3.8) is 0 Å². The first kappa shape index (κ1) is 18.0. The summed E-state index contributed by atoms with van der Waals surface area (Å²) in [6, 6.07) is 17.5. The number of nitrogens with zero attached hydrogens (tertiary/aromatic N) is 3. The van der Waals surface area contributed by atoms with Crippen LogP contribution in [-0.2, 0) is 17.8 Å². The van der Waals surface area contributed by atoms with Crippen molar-refractivity contribution in [3.05, 3.63) is 82.9 Å². The Morgan fingerprint density at radius 1 is 1.07 bits per heavy atom. The predicted molar refractivity (Wildman–Crippen MR) is 109 cm³/mol. The minimum Gasteiger partial charge on any atom is -0.352 e. The number of carbonyl (C=O) groups is 1. The maximum Gasteiger partial charge on any atom is 0.276 e. The van der Waals surface area contributed by atoms with Crippen molar-refractivity contribution in [3.8, 4) is 0 Å². The highest BCUT2D eigenvalue weighted by molar-refractivity contribution is 5.80. The molecule has 0 aliphatic heterocycles. The Morgan fingerprint density at radius 3 is 2.68 bits per heavy atom. The van der Waals surface area contributed by atoms with E-state index in [0.717, 1.165) is 18.4 Å². The van der Waals surface area contributed by atoms with Crippen LogP contribution in [0, 0.1) is 0 Å². The smallest absolute Gasteiger partial charge is 0.276 e. The van der Waals surface area contributed by atoms with Crippen LogP contribution in [0.5, 0.6) is 0 Å². The van der Waals surface area contributed by atoms with Crippen molar-refractivity contribution >= 4 is 22.6 Å². The predicted octanol–water partition coefficient (Wildman–Crippen LogP) is 2.79. The molecular weight excluding hydrogens is 352 g/mol. The van der Waals surface area contributed by atoms with Crippen molar-refractivity contribution in [2.24, 2.45) is 0 Å². The van der Waals surface area contributed by atoms with Crippen LogP contribution in [-0.4, -0.2) is 25.9 Å². The van der Waals surface area contributed by atoms with E-state index in [9.17, 15) is 9.59 Å². The molecule has 142 valence electrons. The number of pyridine rings is 1. The lowest BCUT2D eigenvalue weighted by Gasteiger charge is -2.16. The zero-order chi connectivity index (χ0) is 19.5. The monoisotopic (exact) mass is 374 g/mol. The molecule has 0 unspecified atom stereocenters. The van der Waals surface area contributed by atoms with E-state index in [0.29, 0.717) is 11.2 Å². The fraction of sp³-hybridized carbons (Fsp3) is 0.227. The number of hydrogen-bond acceptors (Lipinski definition) is 3. The number of nitrogens with one attached hydrogen (secondary N) is 1. The van der Waals surface area contributed by atoms with Crippen molar-refractivity contribution in [1.82, 2.24) is 19.3 Å². The Hall–Kier alpha value is -3.41. The van der Waals surface area contributed by atoms with E-state index in [-0.39, 0.29) is 24.1 Å². The van der Waals surface area contributed by atoms with E-state index in [1.54, 1.807) is 12.3 Å². The van der Waals surface area contributed by atoms with E-state index in [1.165, 1.54) is 10.1 Å². The molecule has 3 heterocycles. The van der Waals surface area contributed by atoms with Gasteiger partial charge >= 0.3 is 0 Å². The zero-order valence-corrected chi connectivity index (χ0v) is 15.7. The average molecular weight is 374 g/mol. The van der Waals surface area contributed by atoms with Crippen LogP contribution in [0.3, 0.4) is 0 Å². The number of carbonyl (C=O) groups excluding carboxylic acids is 1. The summed E-state index contributed by atoms with van der Waals surface area (Å²) in [5.74, 6) is -0.189. The topological polar surface area (TPSA) is 68.4 Å². The lowest BCUT2D eigenvalue weighted by Crippen LogP contribution is -2.38. The van der Waals surface area contributed by atoms with E-state index in [4.69, 9.17) is 0 Å². The molecule has 1 aromatic carbocycles. The van der Waals surface area contributed by atoms with Gasteiger partial charge in [0.1, 0.15) is 12.1 Å². The van der Waals surface area contributed by atoms with Crippen LogP contribution >= 0.6 is 0 Å². The molecule has 0 spiro atoms. The van der Waals surface area contributed by atoms with Crippen molar-refractivity contribution in [2.45, 2.75) is 32.4 Å². The number of fused-ring (bicyclic) bond motifs is 3. The SMILES string of the molecule is C[C@H](CCc1ccccc1)NC(=O)Cn1c(=O)c2cccn2c2cccnc21. The number of benzene rings is 1. The molecule has 0 aliphatic carbocycles. The lowest BCUT2D eigenvalue weighted by atomic mass is 10.1. The quantitative estimate of drug-likeness (QED) is 0.564. The van der Waals surface area contributed by atoms with Gasteiger partial charge in [-0.3, -0.25) is 14.2 Å². The fourth-order valence-electron chi connectivity index (χ4n) is 3.49. The summed E-state index contributed by atoms with van der Waals surface area (Å²) >= 11 is 0. The molecule has 1 amide bonds. The van der Waals surface area contributed by atoms with Gasteiger partial charge in [-0.15, -0.1) is 0 Å². The van der Waals surface area contributed by atoms with Gasteiger partial charge in [-0.2, -0.15) is 0 Å².